The van der Waals surface area contributed by atoms with Crippen molar-refractivity contribution in [3.05, 3.63) is 29.9 Å². The molecule has 26 heavy (non-hydrogen) atoms. The van der Waals surface area contributed by atoms with Gasteiger partial charge in [-0.2, -0.15) is 0 Å². The maximum Gasteiger partial charge on any atom is 0.289 e. The van der Waals surface area contributed by atoms with E-state index in [4.69, 9.17) is 0 Å². The van der Waals surface area contributed by atoms with E-state index in [1.807, 2.05) is 36.2 Å². The molecule has 3 heterocycles. The van der Waals surface area contributed by atoms with E-state index in [0.717, 1.165) is 30.3 Å². The SMILES string of the molecule is CCCC(=O)C(=O)N1CCC[C@H](c2nnc(Cn3ccnc3C)n2C)C1. The maximum absolute atomic E-state index is 12.3. The van der Waals surface area contributed by atoms with E-state index in [1.165, 1.54) is 0 Å². The molecule has 2 aromatic rings. The molecule has 2 aromatic heterocycles. The number of hydrogen-bond acceptors (Lipinski definition) is 5. The number of carbonyl (C=O) groups excluding carboxylic acids is 2. The third-order valence-electron chi connectivity index (χ3n) is 5.02. The Morgan fingerprint density at radius 1 is 1.31 bits per heavy atom. The lowest BCUT2D eigenvalue weighted by Gasteiger charge is -2.31. The summed E-state index contributed by atoms with van der Waals surface area (Å²) >= 11 is 0. The summed E-state index contributed by atoms with van der Waals surface area (Å²) in [5.41, 5.74) is 0. The molecule has 1 aliphatic rings. The topological polar surface area (TPSA) is 85.9 Å². The van der Waals surface area contributed by atoms with Gasteiger partial charge in [0.1, 0.15) is 11.6 Å². The fourth-order valence-corrected chi connectivity index (χ4v) is 3.47. The van der Waals surface area contributed by atoms with Crippen LogP contribution in [0, 0.1) is 6.92 Å². The van der Waals surface area contributed by atoms with Crippen molar-refractivity contribution in [1.29, 1.82) is 0 Å². The molecule has 0 saturated carbocycles. The van der Waals surface area contributed by atoms with Crippen molar-refractivity contribution in [3.8, 4) is 0 Å². The number of carbonyl (C=O) groups is 2. The Bertz CT molecular complexity index is 793. The minimum Gasteiger partial charge on any atom is -0.335 e. The zero-order valence-electron chi connectivity index (χ0n) is 15.7. The van der Waals surface area contributed by atoms with Gasteiger partial charge < -0.3 is 14.0 Å². The van der Waals surface area contributed by atoms with E-state index in [9.17, 15) is 9.59 Å². The van der Waals surface area contributed by atoms with Crippen molar-refractivity contribution >= 4 is 11.7 Å². The van der Waals surface area contributed by atoms with E-state index >= 15 is 0 Å². The van der Waals surface area contributed by atoms with E-state index in [-0.39, 0.29) is 17.6 Å². The number of hydrogen-bond donors (Lipinski definition) is 0. The molecule has 0 spiro atoms. The van der Waals surface area contributed by atoms with Crippen molar-refractivity contribution in [2.45, 2.75) is 52.0 Å². The summed E-state index contributed by atoms with van der Waals surface area (Å²) in [6, 6.07) is 0. The molecular weight excluding hydrogens is 332 g/mol. The molecule has 1 fully saturated rings. The Morgan fingerprint density at radius 2 is 2.12 bits per heavy atom. The van der Waals surface area contributed by atoms with Gasteiger partial charge in [0.05, 0.1) is 6.54 Å². The third kappa shape index (κ3) is 3.68. The van der Waals surface area contributed by atoms with E-state index in [1.54, 1.807) is 11.1 Å². The molecule has 0 aromatic carbocycles. The van der Waals surface area contributed by atoms with Crippen molar-refractivity contribution in [3.63, 3.8) is 0 Å². The van der Waals surface area contributed by atoms with Gasteiger partial charge in [0.15, 0.2) is 5.82 Å². The van der Waals surface area contributed by atoms with Crippen molar-refractivity contribution < 1.29 is 9.59 Å². The molecule has 8 heteroatoms. The number of aromatic nitrogens is 5. The molecule has 3 rings (SSSR count). The summed E-state index contributed by atoms with van der Waals surface area (Å²) in [7, 11) is 1.96. The average Bonchev–Trinajstić information content (AvgIpc) is 3.21. The monoisotopic (exact) mass is 358 g/mol. The Morgan fingerprint density at radius 3 is 2.81 bits per heavy atom. The molecule has 140 valence electrons. The average molecular weight is 358 g/mol. The number of nitrogens with zero attached hydrogens (tertiary/aromatic N) is 6. The summed E-state index contributed by atoms with van der Waals surface area (Å²) < 4.78 is 4.03. The lowest BCUT2D eigenvalue weighted by atomic mass is 9.96. The molecule has 0 aliphatic carbocycles. The van der Waals surface area contributed by atoms with Crippen LogP contribution in [0.15, 0.2) is 12.4 Å². The minimum absolute atomic E-state index is 0.109. The Kier molecular flexibility index (Phi) is 5.49. The second-order valence-corrected chi connectivity index (χ2v) is 6.90. The van der Waals surface area contributed by atoms with Crippen LogP contribution in [0.1, 0.15) is 56.0 Å². The molecule has 1 amide bonds. The summed E-state index contributed by atoms with van der Waals surface area (Å²) in [5, 5.41) is 8.72. The van der Waals surface area contributed by atoms with Crippen LogP contribution in [-0.2, 0) is 23.2 Å². The molecule has 0 N–H and O–H groups in total. The van der Waals surface area contributed by atoms with Crippen LogP contribution in [0.5, 0.6) is 0 Å². The lowest BCUT2D eigenvalue weighted by molar-refractivity contribution is -0.145. The molecule has 1 aliphatic heterocycles. The van der Waals surface area contributed by atoms with Gasteiger partial charge in [-0.25, -0.2) is 4.98 Å². The fourth-order valence-electron chi connectivity index (χ4n) is 3.47. The predicted octanol–water partition coefficient (Wildman–Crippen LogP) is 1.44. The maximum atomic E-state index is 12.3. The van der Waals surface area contributed by atoms with Gasteiger partial charge in [-0.1, -0.05) is 6.92 Å². The molecule has 1 atom stereocenters. The number of piperidine rings is 1. The normalized spacial score (nSPS) is 17.5. The minimum atomic E-state index is -0.354. The largest absolute Gasteiger partial charge is 0.335 e. The molecule has 0 unspecified atom stereocenters. The first-order valence-corrected chi connectivity index (χ1v) is 9.19. The Labute approximate surface area is 153 Å². The summed E-state index contributed by atoms with van der Waals surface area (Å²) in [5.74, 6) is 2.12. The summed E-state index contributed by atoms with van der Waals surface area (Å²) in [6.45, 7) is 5.65. The summed E-state index contributed by atoms with van der Waals surface area (Å²) in [6.07, 6.45) is 6.52. The molecule has 0 bridgehead atoms. The van der Waals surface area contributed by atoms with Crippen LogP contribution in [-0.4, -0.2) is 54.0 Å². The van der Waals surface area contributed by atoms with E-state index in [0.29, 0.717) is 32.5 Å². The van der Waals surface area contributed by atoms with Gasteiger partial charge in [0.2, 0.25) is 5.78 Å². The van der Waals surface area contributed by atoms with Crippen molar-refractivity contribution in [2.75, 3.05) is 13.1 Å². The number of rotatable bonds is 6. The smallest absolute Gasteiger partial charge is 0.289 e. The highest BCUT2D eigenvalue weighted by Crippen LogP contribution is 2.26. The predicted molar refractivity (Wildman–Crippen MR) is 95.5 cm³/mol. The molecule has 1 saturated heterocycles. The van der Waals surface area contributed by atoms with Crippen LogP contribution >= 0.6 is 0 Å². The van der Waals surface area contributed by atoms with Crippen LogP contribution in [0.2, 0.25) is 0 Å². The highest BCUT2D eigenvalue weighted by atomic mass is 16.2. The van der Waals surface area contributed by atoms with Gasteiger partial charge in [-0.05, 0) is 26.2 Å². The van der Waals surface area contributed by atoms with Gasteiger partial charge >= 0.3 is 0 Å². The molecule has 8 nitrogen and oxygen atoms in total. The van der Waals surface area contributed by atoms with Crippen LogP contribution < -0.4 is 0 Å². The van der Waals surface area contributed by atoms with Gasteiger partial charge in [-0.3, -0.25) is 9.59 Å². The Hall–Kier alpha value is -2.51. The number of ketones is 1. The van der Waals surface area contributed by atoms with Crippen molar-refractivity contribution in [2.24, 2.45) is 7.05 Å². The third-order valence-corrected chi connectivity index (χ3v) is 5.02. The van der Waals surface area contributed by atoms with E-state index in [2.05, 4.69) is 15.2 Å². The number of aryl methyl sites for hydroxylation is 1. The second-order valence-electron chi connectivity index (χ2n) is 6.90. The second kappa shape index (κ2) is 7.80. The zero-order chi connectivity index (χ0) is 18.7. The lowest BCUT2D eigenvalue weighted by Crippen LogP contribution is -2.43. The van der Waals surface area contributed by atoms with Crippen molar-refractivity contribution in [1.82, 2.24) is 29.2 Å². The highest BCUT2D eigenvalue weighted by Gasteiger charge is 2.30. The Balaban J connectivity index is 1.72. The van der Waals surface area contributed by atoms with Gasteiger partial charge in [0, 0.05) is 44.9 Å². The molecular formula is C18H26N6O2. The first kappa shape index (κ1) is 18.3. The number of likely N-dealkylation sites (tertiary alicyclic amines) is 1. The van der Waals surface area contributed by atoms with Crippen LogP contribution in [0.4, 0.5) is 0 Å². The number of amides is 1. The number of Topliss-reactive ketones (excluding diaryl/α,β-unsaturated/α-hetero) is 1. The quantitative estimate of drug-likeness (QED) is 0.730. The van der Waals surface area contributed by atoms with Gasteiger partial charge in [0.25, 0.3) is 5.91 Å². The summed E-state index contributed by atoms with van der Waals surface area (Å²) in [4.78, 5) is 30.2. The highest BCUT2D eigenvalue weighted by molar-refractivity contribution is 6.36. The zero-order valence-corrected chi connectivity index (χ0v) is 15.7. The first-order chi connectivity index (χ1) is 12.5. The standard InChI is InChI=1S/C18H26N6O2/c1-4-6-15(25)18(26)24-9-5-7-14(11-24)17-21-20-16(22(17)3)12-23-10-8-19-13(23)2/h8,10,14H,4-7,9,11-12H2,1-3H3/t14-/m0/s1. The van der Waals surface area contributed by atoms with Crippen LogP contribution in [0.3, 0.4) is 0 Å². The first-order valence-electron chi connectivity index (χ1n) is 9.19. The number of imidazole rings is 1. The molecule has 0 radical (unpaired) electrons. The fraction of sp³-hybridized carbons (Fsp3) is 0.611. The van der Waals surface area contributed by atoms with Gasteiger partial charge in [-0.15, -0.1) is 10.2 Å². The van der Waals surface area contributed by atoms with Crippen LogP contribution in [0.25, 0.3) is 0 Å². The van der Waals surface area contributed by atoms with E-state index < -0.39 is 0 Å².